The first kappa shape index (κ1) is 20.2. The van der Waals surface area contributed by atoms with Gasteiger partial charge in [-0.25, -0.2) is 4.79 Å². The fraction of sp³-hybridized carbons (Fsp3) is 0.423. The van der Waals surface area contributed by atoms with Crippen molar-refractivity contribution < 1.29 is 9.53 Å². The second kappa shape index (κ2) is 9.17. The average Bonchev–Trinajstić information content (AvgIpc) is 2.75. The molecule has 2 aliphatic rings. The minimum Gasteiger partial charge on any atom is -0.423 e. The minimum absolute atomic E-state index is 0.329. The summed E-state index contributed by atoms with van der Waals surface area (Å²) in [6.45, 7) is 2.14. The molecule has 3 heteroatoms. The van der Waals surface area contributed by atoms with E-state index in [9.17, 15) is 4.79 Å². The van der Waals surface area contributed by atoms with E-state index in [2.05, 4.69) is 31.2 Å². The van der Waals surface area contributed by atoms with Crippen LogP contribution < -0.4 is 4.74 Å². The molecule has 0 aliphatic heterocycles. The monoisotopic (exact) mass is 408 g/mol. The highest BCUT2D eigenvalue weighted by Gasteiger charge is 2.35. The number of hydrogen-bond donors (Lipinski definition) is 0. The summed E-state index contributed by atoms with van der Waals surface area (Å²) in [5.74, 6) is 3.36. The van der Waals surface area contributed by atoms with Crippen LogP contribution in [0.15, 0.2) is 60.7 Å². The number of benzene rings is 2. The van der Waals surface area contributed by atoms with Crippen molar-refractivity contribution in [2.45, 2.75) is 51.4 Å². The molecule has 2 aliphatic carbocycles. The van der Waals surface area contributed by atoms with Crippen molar-refractivity contribution in [3.63, 3.8) is 0 Å². The third-order valence-electron chi connectivity index (χ3n) is 6.76. The van der Waals surface area contributed by atoms with Crippen LogP contribution in [0.25, 0.3) is 0 Å². The van der Waals surface area contributed by atoms with Gasteiger partial charge < -0.3 is 4.74 Å². The first-order valence-corrected chi connectivity index (χ1v) is 11.2. The van der Waals surface area contributed by atoms with E-state index in [-0.39, 0.29) is 5.97 Å². The maximum atomic E-state index is 12.4. The van der Waals surface area contributed by atoms with Gasteiger partial charge in [0.15, 0.2) is 0 Å². The second-order valence-electron chi connectivity index (χ2n) is 8.59. The number of esters is 1. The van der Waals surface area contributed by atoms with Gasteiger partial charge >= 0.3 is 5.97 Å². The summed E-state index contributed by atoms with van der Waals surface area (Å²) in [4.78, 5) is 12.4. The van der Waals surface area contributed by atoms with Gasteiger partial charge in [0, 0.05) is 5.02 Å². The first-order valence-electron chi connectivity index (χ1n) is 10.8. The summed E-state index contributed by atoms with van der Waals surface area (Å²) in [6, 6.07) is 14.9. The van der Waals surface area contributed by atoms with E-state index in [1.54, 1.807) is 24.3 Å². The molecule has 4 atom stereocenters. The number of rotatable bonds is 4. The Morgan fingerprint density at radius 3 is 2.34 bits per heavy atom. The molecule has 4 rings (SSSR count). The summed E-state index contributed by atoms with van der Waals surface area (Å²) in [6.07, 6.45) is 12.6. The maximum Gasteiger partial charge on any atom is 0.343 e. The summed E-state index contributed by atoms with van der Waals surface area (Å²) in [5, 5.41) is 0.624. The predicted octanol–water partition coefficient (Wildman–Crippen LogP) is 7.44. The molecular weight excluding hydrogens is 380 g/mol. The van der Waals surface area contributed by atoms with Crippen molar-refractivity contribution in [3.05, 3.63) is 76.8 Å². The summed E-state index contributed by atoms with van der Waals surface area (Å²) in [5.41, 5.74) is 1.95. The Balaban J connectivity index is 1.36. The lowest BCUT2D eigenvalue weighted by atomic mass is 9.64. The van der Waals surface area contributed by atoms with Crippen LogP contribution in [0, 0.1) is 17.8 Å². The molecule has 0 radical (unpaired) electrons. The zero-order valence-corrected chi connectivity index (χ0v) is 17.8. The van der Waals surface area contributed by atoms with Gasteiger partial charge in [0.05, 0.1) is 5.56 Å². The van der Waals surface area contributed by atoms with E-state index in [1.165, 1.54) is 44.1 Å². The molecule has 0 heterocycles. The summed E-state index contributed by atoms with van der Waals surface area (Å²) < 4.78 is 5.44. The Labute approximate surface area is 178 Å². The van der Waals surface area contributed by atoms with E-state index < -0.39 is 0 Å². The lowest BCUT2D eigenvalue weighted by Crippen LogP contribution is -2.30. The summed E-state index contributed by atoms with van der Waals surface area (Å²) in [7, 11) is 0. The number of halogens is 1. The van der Waals surface area contributed by atoms with Crippen LogP contribution in [0.4, 0.5) is 0 Å². The van der Waals surface area contributed by atoms with Crippen molar-refractivity contribution in [1.82, 2.24) is 0 Å². The maximum absolute atomic E-state index is 12.4. The molecule has 4 unspecified atom stereocenters. The highest BCUT2D eigenvalue weighted by atomic mass is 35.5. The van der Waals surface area contributed by atoms with Crippen LogP contribution in [0.1, 0.15) is 67.3 Å². The van der Waals surface area contributed by atoms with Crippen LogP contribution in [-0.2, 0) is 0 Å². The molecular formula is C26H29ClO2. The van der Waals surface area contributed by atoms with Crippen molar-refractivity contribution >= 4 is 17.6 Å². The second-order valence-corrected chi connectivity index (χ2v) is 9.03. The standard InChI is InChI=1S/C26H29ClO2/c1-2-3-18-4-5-23-17-22(11-10-21(23)16-18)19-6-8-20(9-7-19)26(28)29-25-14-12-24(27)13-15-25/h2-3,6-9,12-15,18,21-23H,4-5,10-11,16-17H2,1H3/b3-2+. The minimum atomic E-state index is -0.329. The lowest BCUT2D eigenvalue weighted by molar-refractivity contribution is 0.0734. The number of carbonyl (C=O) groups is 1. The van der Waals surface area contributed by atoms with E-state index in [4.69, 9.17) is 16.3 Å². The van der Waals surface area contributed by atoms with Crippen LogP contribution >= 0.6 is 11.6 Å². The Morgan fingerprint density at radius 1 is 0.931 bits per heavy atom. The fourth-order valence-corrected chi connectivity index (χ4v) is 5.36. The van der Waals surface area contributed by atoms with Crippen LogP contribution in [0.3, 0.4) is 0 Å². The van der Waals surface area contributed by atoms with Gasteiger partial charge in [-0.15, -0.1) is 0 Å². The third kappa shape index (κ3) is 4.93. The average molecular weight is 409 g/mol. The van der Waals surface area contributed by atoms with Gasteiger partial charge in [-0.3, -0.25) is 0 Å². The van der Waals surface area contributed by atoms with Crippen LogP contribution in [-0.4, -0.2) is 5.97 Å². The van der Waals surface area contributed by atoms with Gasteiger partial charge in [0.2, 0.25) is 0 Å². The van der Waals surface area contributed by atoms with E-state index in [0.29, 0.717) is 22.3 Å². The molecule has 0 N–H and O–H groups in total. The molecule has 2 aromatic rings. The molecule has 0 aromatic heterocycles. The van der Waals surface area contributed by atoms with Gasteiger partial charge in [-0.05, 0) is 111 Å². The molecule has 0 saturated heterocycles. The van der Waals surface area contributed by atoms with Crippen molar-refractivity contribution in [3.8, 4) is 5.75 Å². The molecule has 2 nitrogen and oxygen atoms in total. The number of fused-ring (bicyclic) bond motifs is 1. The van der Waals surface area contributed by atoms with Crippen LogP contribution in [0.2, 0.25) is 5.02 Å². The molecule has 0 bridgehead atoms. The van der Waals surface area contributed by atoms with Gasteiger partial charge in [-0.1, -0.05) is 35.9 Å². The van der Waals surface area contributed by atoms with Gasteiger partial charge in [-0.2, -0.15) is 0 Å². The molecule has 2 saturated carbocycles. The smallest absolute Gasteiger partial charge is 0.343 e. The number of allylic oxidation sites excluding steroid dienone is 2. The van der Waals surface area contributed by atoms with Crippen LogP contribution in [0.5, 0.6) is 5.75 Å². The molecule has 152 valence electrons. The normalized spacial score (nSPS) is 26.8. The predicted molar refractivity (Wildman–Crippen MR) is 119 cm³/mol. The Hall–Kier alpha value is -2.06. The Kier molecular flexibility index (Phi) is 6.40. The van der Waals surface area contributed by atoms with E-state index in [1.807, 2.05) is 12.1 Å². The zero-order chi connectivity index (χ0) is 20.2. The van der Waals surface area contributed by atoms with Gasteiger partial charge in [0.25, 0.3) is 0 Å². The highest BCUT2D eigenvalue weighted by Crippen LogP contribution is 2.47. The van der Waals surface area contributed by atoms with E-state index in [0.717, 1.165) is 17.8 Å². The van der Waals surface area contributed by atoms with Crippen molar-refractivity contribution in [2.75, 3.05) is 0 Å². The van der Waals surface area contributed by atoms with Crippen molar-refractivity contribution in [1.29, 1.82) is 0 Å². The quantitative estimate of drug-likeness (QED) is 0.298. The third-order valence-corrected chi connectivity index (χ3v) is 7.01. The Bertz CT molecular complexity index is 853. The zero-order valence-electron chi connectivity index (χ0n) is 17.0. The molecule has 2 aromatic carbocycles. The molecule has 0 amide bonds. The fourth-order valence-electron chi connectivity index (χ4n) is 5.24. The van der Waals surface area contributed by atoms with E-state index >= 15 is 0 Å². The van der Waals surface area contributed by atoms with Gasteiger partial charge in [0.1, 0.15) is 5.75 Å². The number of carbonyl (C=O) groups excluding carboxylic acids is 1. The topological polar surface area (TPSA) is 26.3 Å². The largest absolute Gasteiger partial charge is 0.423 e. The number of hydrogen-bond acceptors (Lipinski definition) is 2. The van der Waals surface area contributed by atoms with Crippen molar-refractivity contribution in [2.24, 2.45) is 17.8 Å². The SMILES string of the molecule is C/C=C/C1CCC2CC(c3ccc(C(=O)Oc4ccc(Cl)cc4)cc3)CCC2C1. The summed E-state index contributed by atoms with van der Waals surface area (Å²) >= 11 is 5.88. The molecule has 29 heavy (non-hydrogen) atoms. The molecule has 0 spiro atoms. The first-order chi connectivity index (χ1) is 14.1. The lowest BCUT2D eigenvalue weighted by Gasteiger charge is -2.41. The number of ether oxygens (including phenoxy) is 1. The highest BCUT2D eigenvalue weighted by molar-refractivity contribution is 6.30. The Morgan fingerprint density at radius 2 is 1.62 bits per heavy atom. The molecule has 2 fully saturated rings.